The predicted molar refractivity (Wildman–Crippen MR) is 65.9 cm³/mol. The number of hydrogen-bond donors (Lipinski definition) is 2. The molecule has 0 aromatic heterocycles. The first-order valence-electron chi connectivity index (χ1n) is 5.69. The standard InChI is InChI=1S/C13H22N2/c1-3-15-13(2,11-14)10-9-12-7-5-4-6-8-12/h4-8,15H,3,9-11,14H2,1-2H3. The van der Waals surface area contributed by atoms with Gasteiger partial charge in [0.05, 0.1) is 0 Å². The van der Waals surface area contributed by atoms with Crippen molar-refractivity contribution in [2.45, 2.75) is 32.2 Å². The Labute approximate surface area is 92.9 Å². The highest BCUT2D eigenvalue weighted by Crippen LogP contribution is 2.12. The number of aryl methyl sites for hydroxylation is 1. The molecule has 0 bridgehead atoms. The van der Waals surface area contributed by atoms with Crippen molar-refractivity contribution >= 4 is 0 Å². The minimum atomic E-state index is 0.0740. The van der Waals surface area contributed by atoms with E-state index in [1.807, 2.05) is 0 Å². The van der Waals surface area contributed by atoms with Crippen molar-refractivity contribution in [2.24, 2.45) is 5.73 Å². The van der Waals surface area contributed by atoms with Gasteiger partial charge >= 0.3 is 0 Å². The summed E-state index contributed by atoms with van der Waals surface area (Å²) in [5, 5.41) is 3.45. The van der Waals surface area contributed by atoms with E-state index in [-0.39, 0.29) is 5.54 Å². The van der Waals surface area contributed by atoms with E-state index in [2.05, 4.69) is 49.5 Å². The Morgan fingerprint density at radius 1 is 1.27 bits per heavy atom. The molecule has 0 saturated carbocycles. The number of nitrogens with one attached hydrogen (secondary N) is 1. The van der Waals surface area contributed by atoms with E-state index in [0.29, 0.717) is 6.54 Å². The summed E-state index contributed by atoms with van der Waals surface area (Å²) in [5.41, 5.74) is 7.25. The zero-order chi connectivity index (χ0) is 11.1. The molecule has 0 aliphatic carbocycles. The first-order valence-corrected chi connectivity index (χ1v) is 5.69. The van der Waals surface area contributed by atoms with E-state index in [9.17, 15) is 0 Å². The smallest absolute Gasteiger partial charge is 0.0278 e. The third-order valence-corrected chi connectivity index (χ3v) is 2.86. The average Bonchev–Trinajstić information content (AvgIpc) is 2.28. The molecule has 0 heterocycles. The van der Waals surface area contributed by atoms with Crippen molar-refractivity contribution in [3.8, 4) is 0 Å². The molecule has 1 rings (SSSR count). The Kier molecular flexibility index (Phi) is 4.79. The third-order valence-electron chi connectivity index (χ3n) is 2.86. The molecular formula is C13H22N2. The molecular weight excluding hydrogens is 184 g/mol. The lowest BCUT2D eigenvalue weighted by Gasteiger charge is -2.29. The van der Waals surface area contributed by atoms with Gasteiger partial charge in [-0.1, -0.05) is 37.3 Å². The maximum absolute atomic E-state index is 5.79. The summed E-state index contributed by atoms with van der Waals surface area (Å²) in [4.78, 5) is 0. The van der Waals surface area contributed by atoms with E-state index in [4.69, 9.17) is 5.73 Å². The van der Waals surface area contributed by atoms with Crippen LogP contribution in [-0.4, -0.2) is 18.6 Å². The molecule has 15 heavy (non-hydrogen) atoms. The van der Waals surface area contributed by atoms with E-state index in [0.717, 1.165) is 19.4 Å². The van der Waals surface area contributed by atoms with Gasteiger partial charge in [-0.25, -0.2) is 0 Å². The van der Waals surface area contributed by atoms with E-state index >= 15 is 0 Å². The molecule has 0 fully saturated rings. The maximum atomic E-state index is 5.79. The van der Waals surface area contributed by atoms with Crippen molar-refractivity contribution in [2.75, 3.05) is 13.1 Å². The van der Waals surface area contributed by atoms with Crippen LogP contribution in [0.4, 0.5) is 0 Å². The zero-order valence-corrected chi connectivity index (χ0v) is 9.79. The number of nitrogens with two attached hydrogens (primary N) is 1. The van der Waals surface area contributed by atoms with Crippen LogP contribution >= 0.6 is 0 Å². The van der Waals surface area contributed by atoms with Crippen LogP contribution in [0.15, 0.2) is 30.3 Å². The van der Waals surface area contributed by atoms with Gasteiger partial charge in [-0.3, -0.25) is 0 Å². The second-order valence-electron chi connectivity index (χ2n) is 4.28. The summed E-state index contributed by atoms with van der Waals surface area (Å²) in [7, 11) is 0. The molecule has 1 atom stereocenters. The van der Waals surface area contributed by atoms with Crippen LogP contribution in [0.25, 0.3) is 0 Å². The predicted octanol–water partition coefficient (Wildman–Crippen LogP) is 1.95. The molecule has 0 aliphatic rings. The summed E-state index contributed by atoms with van der Waals surface area (Å²) in [6, 6.07) is 10.6. The van der Waals surface area contributed by atoms with Crippen LogP contribution in [0.3, 0.4) is 0 Å². The van der Waals surface area contributed by atoms with Crippen LogP contribution in [0.5, 0.6) is 0 Å². The lowest BCUT2D eigenvalue weighted by molar-refractivity contribution is 0.348. The van der Waals surface area contributed by atoms with Crippen molar-refractivity contribution < 1.29 is 0 Å². The number of hydrogen-bond acceptors (Lipinski definition) is 2. The van der Waals surface area contributed by atoms with Gasteiger partial charge in [-0.2, -0.15) is 0 Å². The highest BCUT2D eigenvalue weighted by molar-refractivity contribution is 5.15. The van der Waals surface area contributed by atoms with Crippen LogP contribution in [-0.2, 0) is 6.42 Å². The quantitative estimate of drug-likeness (QED) is 0.746. The van der Waals surface area contributed by atoms with Crippen molar-refractivity contribution in [1.82, 2.24) is 5.32 Å². The van der Waals surface area contributed by atoms with E-state index in [1.165, 1.54) is 5.56 Å². The van der Waals surface area contributed by atoms with E-state index < -0.39 is 0 Å². The normalized spacial score (nSPS) is 14.9. The Morgan fingerprint density at radius 3 is 2.47 bits per heavy atom. The van der Waals surface area contributed by atoms with Gasteiger partial charge in [0, 0.05) is 12.1 Å². The molecule has 2 heteroatoms. The maximum Gasteiger partial charge on any atom is 0.0278 e. The number of rotatable bonds is 6. The highest BCUT2D eigenvalue weighted by Gasteiger charge is 2.20. The van der Waals surface area contributed by atoms with Crippen LogP contribution < -0.4 is 11.1 Å². The summed E-state index contributed by atoms with van der Waals surface area (Å²) in [5.74, 6) is 0. The van der Waals surface area contributed by atoms with Gasteiger partial charge in [0.15, 0.2) is 0 Å². The molecule has 0 aliphatic heterocycles. The molecule has 84 valence electrons. The third kappa shape index (κ3) is 4.02. The summed E-state index contributed by atoms with van der Waals surface area (Å²) in [6.07, 6.45) is 2.17. The molecule has 1 aromatic rings. The van der Waals surface area contributed by atoms with Crippen LogP contribution in [0.1, 0.15) is 25.8 Å². The number of benzene rings is 1. The van der Waals surface area contributed by atoms with Gasteiger partial charge in [0.1, 0.15) is 0 Å². The molecule has 1 unspecified atom stereocenters. The molecule has 3 N–H and O–H groups in total. The minimum absolute atomic E-state index is 0.0740. The summed E-state index contributed by atoms with van der Waals surface area (Å²) < 4.78 is 0. The number of likely N-dealkylation sites (N-methyl/N-ethyl adjacent to an activating group) is 1. The minimum Gasteiger partial charge on any atom is -0.329 e. The van der Waals surface area contributed by atoms with Crippen molar-refractivity contribution in [1.29, 1.82) is 0 Å². The fourth-order valence-corrected chi connectivity index (χ4v) is 1.75. The topological polar surface area (TPSA) is 38.0 Å². The Bertz CT molecular complexity index is 271. The lowest BCUT2D eigenvalue weighted by atomic mass is 9.93. The summed E-state index contributed by atoms with van der Waals surface area (Å²) in [6.45, 7) is 5.98. The Balaban J connectivity index is 2.47. The largest absolute Gasteiger partial charge is 0.329 e. The first-order chi connectivity index (χ1) is 7.20. The van der Waals surface area contributed by atoms with Gasteiger partial charge in [0.2, 0.25) is 0 Å². The van der Waals surface area contributed by atoms with Crippen molar-refractivity contribution in [3.05, 3.63) is 35.9 Å². The zero-order valence-electron chi connectivity index (χ0n) is 9.79. The lowest BCUT2D eigenvalue weighted by Crippen LogP contribution is -2.48. The van der Waals surface area contributed by atoms with E-state index in [1.54, 1.807) is 0 Å². The molecule has 0 saturated heterocycles. The van der Waals surface area contributed by atoms with Gasteiger partial charge < -0.3 is 11.1 Å². The highest BCUT2D eigenvalue weighted by atomic mass is 15.0. The summed E-state index contributed by atoms with van der Waals surface area (Å²) >= 11 is 0. The Hall–Kier alpha value is -0.860. The fourth-order valence-electron chi connectivity index (χ4n) is 1.75. The molecule has 0 amide bonds. The first kappa shape index (κ1) is 12.2. The average molecular weight is 206 g/mol. The second kappa shape index (κ2) is 5.89. The van der Waals surface area contributed by atoms with Gasteiger partial charge in [-0.15, -0.1) is 0 Å². The fraction of sp³-hybridized carbons (Fsp3) is 0.538. The van der Waals surface area contributed by atoms with Crippen LogP contribution in [0, 0.1) is 0 Å². The van der Waals surface area contributed by atoms with Gasteiger partial charge in [-0.05, 0) is 31.9 Å². The molecule has 0 radical (unpaired) electrons. The molecule has 0 spiro atoms. The molecule has 1 aromatic carbocycles. The Morgan fingerprint density at radius 2 is 1.93 bits per heavy atom. The monoisotopic (exact) mass is 206 g/mol. The second-order valence-corrected chi connectivity index (χ2v) is 4.28. The molecule has 2 nitrogen and oxygen atoms in total. The van der Waals surface area contributed by atoms with Crippen LogP contribution in [0.2, 0.25) is 0 Å². The SMILES string of the molecule is CCNC(C)(CN)CCc1ccccc1. The van der Waals surface area contributed by atoms with Gasteiger partial charge in [0.25, 0.3) is 0 Å². The van der Waals surface area contributed by atoms with Crippen molar-refractivity contribution in [3.63, 3.8) is 0 Å².